The van der Waals surface area contributed by atoms with Crippen molar-refractivity contribution in [2.24, 2.45) is 5.92 Å². The minimum absolute atomic E-state index is 0.0689. The van der Waals surface area contributed by atoms with Gasteiger partial charge in [-0.1, -0.05) is 20.3 Å². The van der Waals surface area contributed by atoms with Crippen molar-refractivity contribution in [3.05, 3.63) is 24.3 Å². The lowest BCUT2D eigenvalue weighted by Gasteiger charge is -2.08. The predicted octanol–water partition coefficient (Wildman–Crippen LogP) is 2.70. The van der Waals surface area contributed by atoms with Crippen molar-refractivity contribution in [2.45, 2.75) is 50.8 Å². The van der Waals surface area contributed by atoms with Gasteiger partial charge in [-0.05, 0) is 49.4 Å². The maximum Gasteiger partial charge on any atom is 0.240 e. The molecule has 0 spiro atoms. The van der Waals surface area contributed by atoms with Crippen molar-refractivity contribution in [3.8, 4) is 5.75 Å². The number of carbonyl (C=O) groups is 1. The van der Waals surface area contributed by atoms with E-state index in [1.54, 1.807) is 12.1 Å². The van der Waals surface area contributed by atoms with Crippen molar-refractivity contribution in [3.63, 3.8) is 0 Å². The molecule has 0 aliphatic rings. The Balaban J connectivity index is 2.18. The van der Waals surface area contributed by atoms with Crippen molar-refractivity contribution >= 4 is 15.9 Å². The molecule has 1 amide bonds. The standard InChI is InChI=1S/C18H30N2O4S/c1-15(2)12-14-19-18(21)7-5-4-6-13-20-25(22,23)17-10-8-16(24-3)9-11-17/h8-11,15,20H,4-7,12-14H2,1-3H3,(H,19,21). The first-order valence-corrected chi connectivity index (χ1v) is 10.2. The van der Waals surface area contributed by atoms with E-state index >= 15 is 0 Å². The number of hydrogen-bond donors (Lipinski definition) is 2. The summed E-state index contributed by atoms with van der Waals surface area (Å²) >= 11 is 0. The second-order valence-corrected chi connectivity index (χ2v) is 8.18. The summed E-state index contributed by atoms with van der Waals surface area (Å²) in [7, 11) is -1.96. The molecular formula is C18H30N2O4S. The van der Waals surface area contributed by atoms with Gasteiger partial charge in [0.05, 0.1) is 12.0 Å². The van der Waals surface area contributed by atoms with Crippen LogP contribution in [0.2, 0.25) is 0 Å². The Labute approximate surface area is 151 Å². The molecule has 0 saturated heterocycles. The summed E-state index contributed by atoms with van der Waals surface area (Å²) in [6.07, 6.45) is 3.75. The molecule has 7 heteroatoms. The molecule has 2 N–H and O–H groups in total. The van der Waals surface area contributed by atoms with E-state index in [-0.39, 0.29) is 10.8 Å². The molecule has 0 radical (unpaired) electrons. The van der Waals surface area contributed by atoms with Gasteiger partial charge in [0.15, 0.2) is 0 Å². The Bertz CT molecular complexity index is 612. The highest BCUT2D eigenvalue weighted by atomic mass is 32.2. The van der Waals surface area contributed by atoms with Crippen LogP contribution in [0.4, 0.5) is 0 Å². The second kappa shape index (κ2) is 11.1. The third-order valence-electron chi connectivity index (χ3n) is 3.79. The smallest absolute Gasteiger partial charge is 0.240 e. The molecule has 0 saturated carbocycles. The van der Waals surface area contributed by atoms with Gasteiger partial charge in [0.2, 0.25) is 15.9 Å². The highest BCUT2D eigenvalue weighted by Crippen LogP contribution is 2.15. The van der Waals surface area contributed by atoms with E-state index in [2.05, 4.69) is 23.9 Å². The van der Waals surface area contributed by atoms with E-state index in [4.69, 9.17) is 4.74 Å². The molecule has 1 rings (SSSR count). The summed E-state index contributed by atoms with van der Waals surface area (Å²) in [5, 5.41) is 2.90. The quantitative estimate of drug-likeness (QED) is 0.554. The third kappa shape index (κ3) is 8.88. The van der Waals surface area contributed by atoms with Crippen LogP contribution in [0.1, 0.15) is 46.0 Å². The van der Waals surface area contributed by atoms with Crippen LogP contribution in [-0.2, 0) is 14.8 Å². The number of amides is 1. The fraction of sp³-hybridized carbons (Fsp3) is 0.611. The molecular weight excluding hydrogens is 340 g/mol. The highest BCUT2D eigenvalue weighted by molar-refractivity contribution is 7.89. The molecule has 0 unspecified atom stereocenters. The summed E-state index contributed by atoms with van der Waals surface area (Å²) in [5.74, 6) is 1.27. The van der Waals surface area contributed by atoms with E-state index in [9.17, 15) is 13.2 Å². The largest absolute Gasteiger partial charge is 0.497 e. The van der Waals surface area contributed by atoms with E-state index in [1.165, 1.54) is 19.2 Å². The fourth-order valence-corrected chi connectivity index (χ4v) is 3.29. The molecule has 142 valence electrons. The van der Waals surface area contributed by atoms with Crippen LogP contribution in [0.5, 0.6) is 5.75 Å². The van der Waals surface area contributed by atoms with E-state index < -0.39 is 10.0 Å². The molecule has 25 heavy (non-hydrogen) atoms. The van der Waals surface area contributed by atoms with Gasteiger partial charge in [-0.25, -0.2) is 13.1 Å². The predicted molar refractivity (Wildman–Crippen MR) is 99.1 cm³/mol. The molecule has 0 aliphatic heterocycles. The maximum absolute atomic E-state index is 12.1. The molecule has 0 fully saturated rings. The first-order valence-electron chi connectivity index (χ1n) is 8.75. The first kappa shape index (κ1) is 21.4. The summed E-state index contributed by atoms with van der Waals surface area (Å²) in [4.78, 5) is 11.8. The molecule has 1 aromatic carbocycles. The average molecular weight is 371 g/mol. The molecule has 1 aromatic rings. The molecule has 0 bridgehead atoms. The zero-order chi connectivity index (χ0) is 18.7. The van der Waals surface area contributed by atoms with E-state index in [0.717, 1.165) is 25.8 Å². The van der Waals surface area contributed by atoms with Crippen molar-refractivity contribution < 1.29 is 17.9 Å². The minimum atomic E-state index is -3.49. The van der Waals surface area contributed by atoms with Gasteiger partial charge < -0.3 is 10.1 Å². The van der Waals surface area contributed by atoms with E-state index in [0.29, 0.717) is 31.1 Å². The first-order chi connectivity index (χ1) is 11.8. The maximum atomic E-state index is 12.1. The zero-order valence-corrected chi connectivity index (χ0v) is 16.2. The molecule has 0 aliphatic carbocycles. The van der Waals surface area contributed by atoms with Crippen LogP contribution in [0, 0.1) is 5.92 Å². The van der Waals surface area contributed by atoms with Gasteiger partial charge in [0, 0.05) is 19.5 Å². The number of nitrogens with one attached hydrogen (secondary N) is 2. The van der Waals surface area contributed by atoms with Gasteiger partial charge in [-0.15, -0.1) is 0 Å². The van der Waals surface area contributed by atoms with Crippen LogP contribution in [-0.4, -0.2) is 34.5 Å². The number of unbranched alkanes of at least 4 members (excludes halogenated alkanes) is 2. The highest BCUT2D eigenvalue weighted by Gasteiger charge is 2.13. The number of ether oxygens (including phenoxy) is 1. The van der Waals surface area contributed by atoms with Gasteiger partial charge >= 0.3 is 0 Å². The Hall–Kier alpha value is -1.60. The van der Waals surface area contributed by atoms with Crippen molar-refractivity contribution in [1.82, 2.24) is 10.0 Å². The Morgan fingerprint density at radius 1 is 1.08 bits per heavy atom. The summed E-state index contributed by atoms with van der Waals surface area (Å²) < 4.78 is 31.9. The summed E-state index contributed by atoms with van der Waals surface area (Å²) in [6, 6.07) is 6.27. The van der Waals surface area contributed by atoms with Crippen LogP contribution in [0.3, 0.4) is 0 Å². The minimum Gasteiger partial charge on any atom is -0.497 e. The normalized spacial score (nSPS) is 11.5. The topological polar surface area (TPSA) is 84.5 Å². The average Bonchev–Trinajstić information content (AvgIpc) is 2.57. The molecule has 0 atom stereocenters. The van der Waals surface area contributed by atoms with Crippen molar-refractivity contribution in [2.75, 3.05) is 20.2 Å². The summed E-state index contributed by atoms with van der Waals surface area (Å²) in [6.45, 7) is 5.33. The number of methoxy groups -OCH3 is 1. The number of rotatable bonds is 12. The van der Waals surface area contributed by atoms with Crippen molar-refractivity contribution in [1.29, 1.82) is 0 Å². The van der Waals surface area contributed by atoms with Gasteiger partial charge in [0.1, 0.15) is 5.75 Å². The van der Waals surface area contributed by atoms with Crippen LogP contribution in [0.15, 0.2) is 29.2 Å². The zero-order valence-electron chi connectivity index (χ0n) is 15.4. The third-order valence-corrected chi connectivity index (χ3v) is 5.26. The lowest BCUT2D eigenvalue weighted by atomic mass is 10.1. The van der Waals surface area contributed by atoms with Crippen LogP contribution in [0.25, 0.3) is 0 Å². The molecule has 6 nitrogen and oxygen atoms in total. The monoisotopic (exact) mass is 370 g/mol. The van der Waals surface area contributed by atoms with Gasteiger partial charge in [0.25, 0.3) is 0 Å². The lowest BCUT2D eigenvalue weighted by Crippen LogP contribution is -2.25. The van der Waals surface area contributed by atoms with E-state index in [1.807, 2.05) is 0 Å². The second-order valence-electron chi connectivity index (χ2n) is 6.42. The lowest BCUT2D eigenvalue weighted by molar-refractivity contribution is -0.121. The number of sulfonamides is 1. The molecule has 0 aromatic heterocycles. The number of hydrogen-bond acceptors (Lipinski definition) is 4. The Morgan fingerprint density at radius 3 is 2.36 bits per heavy atom. The number of carbonyl (C=O) groups excluding carboxylic acids is 1. The Kier molecular flexibility index (Phi) is 9.52. The van der Waals surface area contributed by atoms with Crippen LogP contribution < -0.4 is 14.8 Å². The molecule has 0 heterocycles. The van der Waals surface area contributed by atoms with Gasteiger partial charge in [-0.2, -0.15) is 0 Å². The summed E-state index contributed by atoms with van der Waals surface area (Å²) in [5.41, 5.74) is 0. The Morgan fingerprint density at radius 2 is 1.76 bits per heavy atom. The SMILES string of the molecule is COc1ccc(S(=O)(=O)NCCCCCC(=O)NCCC(C)C)cc1. The van der Waals surface area contributed by atoms with Gasteiger partial charge in [-0.3, -0.25) is 4.79 Å². The fourth-order valence-electron chi connectivity index (χ4n) is 2.22. The van der Waals surface area contributed by atoms with Crippen LogP contribution >= 0.6 is 0 Å². The number of benzene rings is 1.